The summed E-state index contributed by atoms with van der Waals surface area (Å²) in [6, 6.07) is 6.64. The van der Waals surface area contributed by atoms with Crippen LogP contribution in [0.25, 0.3) is 5.78 Å². The summed E-state index contributed by atoms with van der Waals surface area (Å²) in [4.78, 5) is 17.8. The van der Waals surface area contributed by atoms with Crippen molar-refractivity contribution in [2.24, 2.45) is 0 Å². The molecule has 0 atom stereocenters. The van der Waals surface area contributed by atoms with Crippen LogP contribution in [0.3, 0.4) is 0 Å². The highest BCUT2D eigenvalue weighted by atomic mass is 19.4. The number of nitrogens with zero attached hydrogens (tertiary/aromatic N) is 3. The van der Waals surface area contributed by atoms with Gasteiger partial charge in [-0.15, -0.1) is 5.10 Å². The fourth-order valence-corrected chi connectivity index (χ4v) is 2.10. The van der Waals surface area contributed by atoms with Crippen LogP contribution in [0.2, 0.25) is 0 Å². The molecule has 2 heterocycles. The van der Waals surface area contributed by atoms with Gasteiger partial charge in [0, 0.05) is 6.07 Å². The van der Waals surface area contributed by atoms with Gasteiger partial charge in [-0.2, -0.15) is 22.7 Å². The molecule has 126 valence electrons. The van der Waals surface area contributed by atoms with Gasteiger partial charge in [-0.1, -0.05) is 6.07 Å². The first-order valence-electron chi connectivity index (χ1n) is 7.00. The van der Waals surface area contributed by atoms with E-state index in [1.807, 2.05) is 26.0 Å². The molecule has 0 unspecified atom stereocenters. The van der Waals surface area contributed by atoms with Gasteiger partial charge in [0.25, 0.3) is 11.4 Å². The monoisotopic (exact) mass is 338 g/mol. The first-order valence-corrected chi connectivity index (χ1v) is 7.00. The summed E-state index contributed by atoms with van der Waals surface area (Å²) >= 11 is 0. The van der Waals surface area contributed by atoms with Gasteiger partial charge in [0.15, 0.2) is 0 Å². The molecule has 0 aliphatic carbocycles. The third-order valence-corrected chi connectivity index (χ3v) is 3.51. The van der Waals surface area contributed by atoms with Crippen LogP contribution < -0.4 is 10.3 Å². The van der Waals surface area contributed by atoms with Crippen LogP contribution in [-0.4, -0.2) is 19.6 Å². The number of hydrogen-bond acceptors (Lipinski definition) is 4. The van der Waals surface area contributed by atoms with Crippen LogP contribution in [0, 0.1) is 13.8 Å². The number of alkyl halides is 3. The van der Waals surface area contributed by atoms with E-state index in [0.717, 1.165) is 17.2 Å². The third-order valence-electron chi connectivity index (χ3n) is 3.51. The van der Waals surface area contributed by atoms with Crippen LogP contribution in [0.1, 0.15) is 22.6 Å². The molecule has 1 N–H and O–H groups in total. The highest BCUT2D eigenvalue weighted by molar-refractivity contribution is 5.34. The summed E-state index contributed by atoms with van der Waals surface area (Å²) in [6.45, 7) is 3.89. The molecule has 0 saturated carbocycles. The second kappa shape index (κ2) is 5.66. The number of rotatable bonds is 3. The molecule has 24 heavy (non-hydrogen) atoms. The van der Waals surface area contributed by atoms with Gasteiger partial charge in [-0.25, -0.2) is 0 Å². The number of benzene rings is 1. The molecule has 1 aromatic carbocycles. The number of nitrogens with one attached hydrogen (secondary N) is 1. The second-order valence-corrected chi connectivity index (χ2v) is 5.34. The molecule has 0 aliphatic rings. The van der Waals surface area contributed by atoms with E-state index < -0.39 is 17.6 Å². The van der Waals surface area contributed by atoms with Crippen molar-refractivity contribution < 1.29 is 17.9 Å². The second-order valence-electron chi connectivity index (χ2n) is 5.34. The van der Waals surface area contributed by atoms with Gasteiger partial charge in [0.2, 0.25) is 5.78 Å². The topological polar surface area (TPSA) is 72.3 Å². The van der Waals surface area contributed by atoms with E-state index in [1.165, 1.54) is 0 Å². The standard InChI is InChI=1S/C15H13F3N4O2/c1-8-3-4-11(5-9(8)2)24-7-10-6-12(23)22-14(19-10)20-13(21-22)15(16,17)18/h3-6H,7H2,1-2H3,(H,19,20,21). The number of aryl methyl sites for hydroxylation is 2. The van der Waals surface area contributed by atoms with Gasteiger partial charge in [0.05, 0.1) is 5.69 Å². The Morgan fingerprint density at radius 3 is 2.62 bits per heavy atom. The zero-order chi connectivity index (χ0) is 17.5. The maximum atomic E-state index is 12.6. The number of fused-ring (bicyclic) bond motifs is 1. The van der Waals surface area contributed by atoms with Crippen LogP contribution in [0.4, 0.5) is 13.2 Å². The van der Waals surface area contributed by atoms with Crippen molar-refractivity contribution >= 4 is 5.78 Å². The number of H-pyrrole nitrogens is 1. The fourth-order valence-electron chi connectivity index (χ4n) is 2.10. The summed E-state index contributed by atoms with van der Waals surface area (Å²) in [5.41, 5.74) is 1.74. The highest BCUT2D eigenvalue weighted by Crippen LogP contribution is 2.25. The van der Waals surface area contributed by atoms with Gasteiger partial charge in [-0.3, -0.25) is 4.79 Å². The molecule has 2 aromatic heterocycles. The maximum absolute atomic E-state index is 12.6. The zero-order valence-corrected chi connectivity index (χ0v) is 12.8. The Morgan fingerprint density at radius 1 is 1.21 bits per heavy atom. The van der Waals surface area contributed by atoms with Crippen molar-refractivity contribution in [3.05, 3.63) is 57.3 Å². The number of hydrogen-bond donors (Lipinski definition) is 1. The van der Waals surface area contributed by atoms with Crippen LogP contribution in [0.5, 0.6) is 5.75 Å². The Labute approximate surface area is 133 Å². The average molecular weight is 338 g/mol. The SMILES string of the molecule is Cc1ccc(OCc2cc(=O)n3nc(C(F)(F)F)nc3[nH]2)cc1C. The number of ether oxygens (including phenoxy) is 1. The lowest BCUT2D eigenvalue weighted by atomic mass is 10.1. The molecule has 6 nitrogen and oxygen atoms in total. The highest BCUT2D eigenvalue weighted by Gasteiger charge is 2.36. The smallest absolute Gasteiger partial charge is 0.453 e. The number of halogens is 3. The summed E-state index contributed by atoms with van der Waals surface area (Å²) in [7, 11) is 0. The van der Waals surface area contributed by atoms with Gasteiger partial charge in [-0.05, 0) is 37.1 Å². The largest absolute Gasteiger partial charge is 0.487 e. The lowest BCUT2D eigenvalue weighted by molar-refractivity contribution is -0.144. The van der Waals surface area contributed by atoms with E-state index in [9.17, 15) is 18.0 Å². The van der Waals surface area contributed by atoms with Gasteiger partial charge >= 0.3 is 6.18 Å². The average Bonchev–Trinajstić information content (AvgIpc) is 2.93. The predicted octanol–water partition coefficient (Wildman–Crippen LogP) is 2.63. The van der Waals surface area contributed by atoms with E-state index >= 15 is 0 Å². The predicted molar refractivity (Wildman–Crippen MR) is 78.9 cm³/mol. The fraction of sp³-hybridized carbons (Fsp3) is 0.267. The zero-order valence-electron chi connectivity index (χ0n) is 12.8. The van der Waals surface area contributed by atoms with Crippen molar-refractivity contribution in [3.63, 3.8) is 0 Å². The van der Waals surface area contributed by atoms with Gasteiger partial charge in [0.1, 0.15) is 12.4 Å². The van der Waals surface area contributed by atoms with Crippen LogP contribution in [-0.2, 0) is 12.8 Å². The summed E-state index contributed by atoms with van der Waals surface area (Å²) < 4.78 is 44.0. The molecule has 0 spiro atoms. The van der Waals surface area contributed by atoms with Crippen molar-refractivity contribution in [1.82, 2.24) is 19.6 Å². The Balaban J connectivity index is 1.87. The van der Waals surface area contributed by atoms with E-state index in [1.54, 1.807) is 6.07 Å². The molecule has 9 heteroatoms. The number of aromatic amines is 1. The minimum absolute atomic E-state index is 0.0115. The third kappa shape index (κ3) is 3.10. The van der Waals surface area contributed by atoms with Crippen molar-refractivity contribution in [3.8, 4) is 5.75 Å². The lowest BCUT2D eigenvalue weighted by Gasteiger charge is -2.08. The van der Waals surface area contributed by atoms with E-state index in [2.05, 4.69) is 15.1 Å². The van der Waals surface area contributed by atoms with E-state index in [-0.39, 0.29) is 12.4 Å². The molecule has 0 aliphatic heterocycles. The Hall–Kier alpha value is -2.84. The molecular weight excluding hydrogens is 325 g/mol. The molecule has 3 aromatic rings. The van der Waals surface area contributed by atoms with Crippen LogP contribution in [0.15, 0.2) is 29.1 Å². The molecule has 0 radical (unpaired) electrons. The Morgan fingerprint density at radius 2 is 1.96 bits per heavy atom. The number of aromatic nitrogens is 4. The minimum atomic E-state index is -4.72. The minimum Gasteiger partial charge on any atom is -0.487 e. The molecule has 0 saturated heterocycles. The normalized spacial score (nSPS) is 11.9. The molecule has 0 bridgehead atoms. The summed E-state index contributed by atoms with van der Waals surface area (Å²) in [5, 5.41) is 3.16. The summed E-state index contributed by atoms with van der Waals surface area (Å²) in [6.07, 6.45) is -4.72. The van der Waals surface area contributed by atoms with Crippen molar-refractivity contribution in [1.29, 1.82) is 0 Å². The molecule has 0 amide bonds. The molecule has 3 rings (SSSR count). The molecule has 0 fully saturated rings. The van der Waals surface area contributed by atoms with E-state index in [4.69, 9.17) is 4.74 Å². The first-order chi connectivity index (χ1) is 11.2. The molecular formula is C15H13F3N4O2. The Bertz CT molecular complexity index is 959. The van der Waals surface area contributed by atoms with Crippen LogP contribution >= 0.6 is 0 Å². The maximum Gasteiger partial charge on any atom is 0.453 e. The lowest BCUT2D eigenvalue weighted by Crippen LogP contribution is -2.17. The summed E-state index contributed by atoms with van der Waals surface area (Å²) in [5.74, 6) is -1.06. The quantitative estimate of drug-likeness (QED) is 0.797. The van der Waals surface area contributed by atoms with Crippen molar-refractivity contribution in [2.45, 2.75) is 26.6 Å². The van der Waals surface area contributed by atoms with Gasteiger partial charge < -0.3 is 9.72 Å². The first kappa shape index (κ1) is 16.0. The van der Waals surface area contributed by atoms with E-state index in [0.29, 0.717) is 16.0 Å². The van der Waals surface area contributed by atoms with Crippen molar-refractivity contribution in [2.75, 3.05) is 0 Å². The Kier molecular flexibility index (Phi) is 3.78.